The lowest BCUT2D eigenvalue weighted by atomic mass is 10.1. The quantitative estimate of drug-likeness (QED) is 0.882. The summed E-state index contributed by atoms with van der Waals surface area (Å²) in [5.74, 6) is 0.576. The predicted octanol–water partition coefficient (Wildman–Crippen LogP) is 2.71. The smallest absolute Gasteiger partial charge is 0.321 e. The van der Waals surface area contributed by atoms with E-state index in [4.69, 9.17) is 4.52 Å². The molecule has 0 unspecified atom stereocenters. The number of hydrogen-bond donors (Lipinski definition) is 2. The van der Waals surface area contributed by atoms with Gasteiger partial charge in [0.15, 0.2) is 0 Å². The molecule has 2 aromatic rings. The van der Waals surface area contributed by atoms with Crippen molar-refractivity contribution in [3.63, 3.8) is 0 Å². The average Bonchev–Trinajstić information content (AvgIpc) is 2.94. The van der Waals surface area contributed by atoms with E-state index in [0.29, 0.717) is 35.8 Å². The van der Waals surface area contributed by atoms with Gasteiger partial charge < -0.3 is 20.1 Å². The fourth-order valence-corrected chi connectivity index (χ4v) is 2.23. The first-order valence-electron chi connectivity index (χ1n) is 7.74. The van der Waals surface area contributed by atoms with Crippen LogP contribution in [0, 0.1) is 13.8 Å². The Kier molecular flexibility index (Phi) is 5.57. The molecule has 1 aromatic heterocycles. The van der Waals surface area contributed by atoms with E-state index in [1.807, 2.05) is 13.8 Å². The van der Waals surface area contributed by atoms with Gasteiger partial charge >= 0.3 is 6.03 Å². The molecule has 2 N–H and O–H groups in total. The van der Waals surface area contributed by atoms with Crippen molar-refractivity contribution in [1.29, 1.82) is 0 Å². The number of carbonyl (C=O) groups excluding carboxylic acids is 2. The Hall–Kier alpha value is -2.83. The molecule has 2 rings (SSSR count). The zero-order chi connectivity index (χ0) is 17.7. The summed E-state index contributed by atoms with van der Waals surface area (Å²) in [6.07, 6.45) is 0. The van der Waals surface area contributed by atoms with Crippen molar-refractivity contribution in [3.8, 4) is 0 Å². The molecule has 0 aliphatic rings. The molecule has 0 fully saturated rings. The molecule has 0 saturated carbocycles. The molecule has 0 radical (unpaired) electrons. The Morgan fingerprint density at radius 1 is 1.25 bits per heavy atom. The second kappa shape index (κ2) is 7.63. The molecule has 0 bridgehead atoms. The summed E-state index contributed by atoms with van der Waals surface area (Å²) in [7, 11) is 1.68. The highest BCUT2D eigenvalue weighted by Crippen LogP contribution is 2.17. The minimum atomic E-state index is -0.260. The number of carbonyl (C=O) groups is 2. The maximum atomic E-state index is 12.3. The maximum Gasteiger partial charge on any atom is 0.321 e. The Labute approximate surface area is 141 Å². The number of benzene rings is 1. The molecule has 0 saturated heterocycles. The third kappa shape index (κ3) is 4.34. The molecule has 0 aliphatic heterocycles. The molecular formula is C17H22N4O3. The van der Waals surface area contributed by atoms with Crippen molar-refractivity contribution in [2.45, 2.75) is 27.3 Å². The van der Waals surface area contributed by atoms with Gasteiger partial charge in [-0.2, -0.15) is 0 Å². The molecule has 0 atom stereocenters. The molecule has 0 spiro atoms. The van der Waals surface area contributed by atoms with E-state index in [-0.39, 0.29) is 11.9 Å². The Balaban J connectivity index is 2.01. The summed E-state index contributed by atoms with van der Waals surface area (Å²) in [5, 5.41) is 9.45. The van der Waals surface area contributed by atoms with Crippen LogP contribution in [0.4, 0.5) is 10.5 Å². The number of aromatic nitrogens is 1. The van der Waals surface area contributed by atoms with E-state index in [1.54, 1.807) is 38.2 Å². The number of nitrogens with zero attached hydrogens (tertiary/aromatic N) is 2. The maximum absolute atomic E-state index is 12.3. The van der Waals surface area contributed by atoms with Crippen molar-refractivity contribution in [2.75, 3.05) is 18.9 Å². The number of aryl methyl sites for hydroxylation is 2. The van der Waals surface area contributed by atoms with E-state index in [2.05, 4.69) is 15.8 Å². The van der Waals surface area contributed by atoms with E-state index in [9.17, 15) is 9.59 Å². The van der Waals surface area contributed by atoms with Crippen LogP contribution in [0.15, 0.2) is 28.8 Å². The highest BCUT2D eigenvalue weighted by Gasteiger charge is 2.14. The molecular weight excluding hydrogens is 308 g/mol. The summed E-state index contributed by atoms with van der Waals surface area (Å²) >= 11 is 0. The zero-order valence-corrected chi connectivity index (χ0v) is 14.3. The fraction of sp³-hybridized carbons (Fsp3) is 0.353. The van der Waals surface area contributed by atoms with E-state index in [1.165, 1.54) is 4.90 Å². The zero-order valence-electron chi connectivity index (χ0n) is 14.3. The van der Waals surface area contributed by atoms with Gasteiger partial charge in [0, 0.05) is 30.9 Å². The number of anilines is 1. The predicted molar refractivity (Wildman–Crippen MR) is 90.9 cm³/mol. The lowest BCUT2D eigenvalue weighted by Gasteiger charge is -2.18. The molecule has 3 amide bonds. The summed E-state index contributed by atoms with van der Waals surface area (Å²) in [4.78, 5) is 25.6. The van der Waals surface area contributed by atoms with Gasteiger partial charge in [-0.05, 0) is 44.5 Å². The number of urea groups is 1. The van der Waals surface area contributed by atoms with E-state index >= 15 is 0 Å². The van der Waals surface area contributed by atoms with Crippen LogP contribution in [0.2, 0.25) is 0 Å². The number of nitrogens with one attached hydrogen (secondary N) is 2. The fourth-order valence-electron chi connectivity index (χ4n) is 2.23. The van der Waals surface area contributed by atoms with Gasteiger partial charge in [-0.1, -0.05) is 5.16 Å². The van der Waals surface area contributed by atoms with Crippen LogP contribution in [0.5, 0.6) is 0 Å². The highest BCUT2D eigenvalue weighted by molar-refractivity contribution is 5.96. The molecule has 128 valence electrons. The summed E-state index contributed by atoms with van der Waals surface area (Å²) in [5.41, 5.74) is 2.74. The first kappa shape index (κ1) is 17.5. The minimum absolute atomic E-state index is 0.128. The van der Waals surface area contributed by atoms with Crippen LogP contribution < -0.4 is 10.6 Å². The third-order valence-corrected chi connectivity index (χ3v) is 3.49. The topological polar surface area (TPSA) is 87.5 Å². The van der Waals surface area contributed by atoms with Crippen molar-refractivity contribution in [3.05, 3.63) is 46.8 Å². The first-order valence-corrected chi connectivity index (χ1v) is 7.74. The Morgan fingerprint density at radius 3 is 2.58 bits per heavy atom. The second-order valence-corrected chi connectivity index (χ2v) is 5.60. The largest absolute Gasteiger partial charge is 0.361 e. The molecule has 1 aromatic carbocycles. The van der Waals surface area contributed by atoms with Crippen LogP contribution in [-0.4, -0.2) is 35.6 Å². The standard InChI is InChI=1S/C17H22N4O3/c1-5-18-16(22)13-6-7-15(11(2)8-13)19-17(23)21(4)10-14-9-12(3)24-20-14/h6-9H,5,10H2,1-4H3,(H,18,22)(H,19,23). The average molecular weight is 330 g/mol. The van der Waals surface area contributed by atoms with Crippen LogP contribution >= 0.6 is 0 Å². The van der Waals surface area contributed by atoms with Crippen LogP contribution in [-0.2, 0) is 6.54 Å². The van der Waals surface area contributed by atoms with Gasteiger partial charge in [-0.25, -0.2) is 4.79 Å². The lowest BCUT2D eigenvalue weighted by Crippen LogP contribution is -2.31. The van der Waals surface area contributed by atoms with E-state index in [0.717, 1.165) is 5.56 Å². The van der Waals surface area contributed by atoms with Gasteiger partial charge in [0.05, 0.1) is 6.54 Å². The molecule has 1 heterocycles. The monoisotopic (exact) mass is 330 g/mol. The lowest BCUT2D eigenvalue weighted by molar-refractivity contribution is 0.0955. The normalized spacial score (nSPS) is 10.3. The number of hydrogen-bond acceptors (Lipinski definition) is 4. The van der Waals surface area contributed by atoms with Gasteiger partial charge in [0.2, 0.25) is 0 Å². The van der Waals surface area contributed by atoms with Crippen LogP contribution in [0.3, 0.4) is 0 Å². The molecule has 0 aliphatic carbocycles. The summed E-state index contributed by atoms with van der Waals surface area (Å²) in [6.45, 7) is 6.43. The van der Waals surface area contributed by atoms with E-state index < -0.39 is 0 Å². The van der Waals surface area contributed by atoms with Gasteiger partial charge in [0.1, 0.15) is 11.5 Å². The number of rotatable bonds is 5. The molecule has 24 heavy (non-hydrogen) atoms. The number of amides is 3. The molecule has 7 heteroatoms. The molecule has 7 nitrogen and oxygen atoms in total. The highest BCUT2D eigenvalue weighted by atomic mass is 16.5. The summed E-state index contributed by atoms with van der Waals surface area (Å²) in [6, 6.07) is 6.70. The second-order valence-electron chi connectivity index (χ2n) is 5.60. The van der Waals surface area contributed by atoms with Crippen molar-refractivity contribution >= 4 is 17.6 Å². The minimum Gasteiger partial charge on any atom is -0.361 e. The van der Waals surface area contributed by atoms with Crippen molar-refractivity contribution in [2.24, 2.45) is 0 Å². The van der Waals surface area contributed by atoms with Crippen molar-refractivity contribution < 1.29 is 14.1 Å². The first-order chi connectivity index (χ1) is 11.4. The Morgan fingerprint density at radius 2 is 2.00 bits per heavy atom. The van der Waals surface area contributed by atoms with Gasteiger partial charge in [0.25, 0.3) is 5.91 Å². The SMILES string of the molecule is CCNC(=O)c1ccc(NC(=O)N(C)Cc2cc(C)on2)c(C)c1. The Bertz CT molecular complexity index is 739. The van der Waals surface area contributed by atoms with Crippen LogP contribution in [0.1, 0.15) is 34.3 Å². The van der Waals surface area contributed by atoms with Gasteiger partial charge in [-0.15, -0.1) is 0 Å². The summed E-state index contributed by atoms with van der Waals surface area (Å²) < 4.78 is 4.99. The van der Waals surface area contributed by atoms with Gasteiger partial charge in [-0.3, -0.25) is 4.79 Å². The van der Waals surface area contributed by atoms with Crippen molar-refractivity contribution in [1.82, 2.24) is 15.4 Å². The van der Waals surface area contributed by atoms with Crippen LogP contribution in [0.25, 0.3) is 0 Å². The third-order valence-electron chi connectivity index (χ3n) is 3.49.